The van der Waals surface area contributed by atoms with E-state index in [0.717, 1.165) is 37.0 Å². The van der Waals surface area contributed by atoms with Gasteiger partial charge in [-0.1, -0.05) is 11.3 Å². The number of fused-ring (bicyclic) bond motifs is 1. The van der Waals surface area contributed by atoms with Gasteiger partial charge in [-0.2, -0.15) is 0 Å². The van der Waals surface area contributed by atoms with Crippen LogP contribution in [0.15, 0.2) is 30.7 Å². The van der Waals surface area contributed by atoms with Crippen molar-refractivity contribution in [3.8, 4) is 0 Å². The number of nitrogens with zero attached hydrogens (tertiary/aromatic N) is 6. The molecule has 8 nitrogen and oxygen atoms in total. The van der Waals surface area contributed by atoms with Gasteiger partial charge >= 0.3 is 0 Å². The van der Waals surface area contributed by atoms with E-state index in [1.165, 1.54) is 16.9 Å². The predicted molar refractivity (Wildman–Crippen MR) is 103 cm³/mol. The van der Waals surface area contributed by atoms with E-state index in [2.05, 4.69) is 53.9 Å². The van der Waals surface area contributed by atoms with Crippen LogP contribution >= 0.6 is 11.3 Å². The molecule has 3 aromatic heterocycles. The minimum Gasteiger partial charge on any atom is -0.374 e. The SMILES string of the molecule is CC(O)Nc1nnc(N2CCN(C(C)c3cc4ncccn4c3)CC2)s1. The first kappa shape index (κ1) is 17.2. The highest BCUT2D eigenvalue weighted by molar-refractivity contribution is 7.19. The molecule has 0 aliphatic carbocycles. The lowest BCUT2D eigenvalue weighted by molar-refractivity contribution is 0.198. The second kappa shape index (κ2) is 7.18. The Balaban J connectivity index is 1.39. The number of nitrogens with one attached hydrogen (secondary N) is 1. The molecule has 0 bridgehead atoms. The molecular weight excluding hydrogens is 350 g/mol. The van der Waals surface area contributed by atoms with Crippen molar-refractivity contribution in [1.82, 2.24) is 24.5 Å². The first-order valence-electron chi connectivity index (χ1n) is 8.80. The normalized spacial score (nSPS) is 18.2. The third-order valence-corrected chi connectivity index (χ3v) is 5.66. The van der Waals surface area contributed by atoms with Crippen LogP contribution in [0.25, 0.3) is 5.65 Å². The number of aliphatic hydroxyl groups excluding tert-OH is 1. The van der Waals surface area contributed by atoms with Crippen molar-refractivity contribution in [2.24, 2.45) is 0 Å². The molecule has 4 rings (SSSR count). The summed E-state index contributed by atoms with van der Waals surface area (Å²) in [7, 11) is 0. The third-order valence-electron chi connectivity index (χ3n) is 4.75. The number of rotatable bonds is 5. The molecule has 4 heterocycles. The lowest BCUT2D eigenvalue weighted by atomic mass is 10.1. The van der Waals surface area contributed by atoms with Crippen LogP contribution in [0, 0.1) is 0 Å². The summed E-state index contributed by atoms with van der Waals surface area (Å²) in [6, 6.07) is 4.46. The lowest BCUT2D eigenvalue weighted by Crippen LogP contribution is -2.47. The van der Waals surface area contributed by atoms with Crippen molar-refractivity contribution in [3.63, 3.8) is 0 Å². The smallest absolute Gasteiger partial charge is 0.210 e. The van der Waals surface area contributed by atoms with Crippen LogP contribution < -0.4 is 10.2 Å². The van der Waals surface area contributed by atoms with Gasteiger partial charge in [0.15, 0.2) is 0 Å². The summed E-state index contributed by atoms with van der Waals surface area (Å²) in [6.07, 6.45) is 5.40. The maximum Gasteiger partial charge on any atom is 0.210 e. The van der Waals surface area contributed by atoms with Crippen LogP contribution in [-0.2, 0) is 0 Å². The van der Waals surface area contributed by atoms with Crippen LogP contribution in [0.3, 0.4) is 0 Å². The monoisotopic (exact) mass is 373 g/mol. The Labute approximate surface area is 156 Å². The zero-order chi connectivity index (χ0) is 18.1. The van der Waals surface area contributed by atoms with E-state index in [1.807, 2.05) is 18.5 Å². The topological polar surface area (TPSA) is 81.8 Å². The van der Waals surface area contributed by atoms with Gasteiger partial charge in [-0.3, -0.25) is 4.90 Å². The second-order valence-corrected chi connectivity index (χ2v) is 7.52. The fourth-order valence-electron chi connectivity index (χ4n) is 3.28. The van der Waals surface area contributed by atoms with Gasteiger partial charge < -0.3 is 19.7 Å². The molecule has 1 saturated heterocycles. The van der Waals surface area contributed by atoms with Crippen LogP contribution in [0.5, 0.6) is 0 Å². The molecule has 1 fully saturated rings. The molecule has 0 radical (unpaired) electrons. The first-order chi connectivity index (χ1) is 12.6. The lowest BCUT2D eigenvalue weighted by Gasteiger charge is -2.37. The molecule has 0 saturated carbocycles. The third kappa shape index (κ3) is 3.50. The Kier molecular flexibility index (Phi) is 4.75. The predicted octanol–water partition coefficient (Wildman–Crippen LogP) is 1.82. The van der Waals surface area contributed by atoms with Gasteiger partial charge in [0.05, 0.1) is 0 Å². The average molecular weight is 373 g/mol. The van der Waals surface area contributed by atoms with E-state index in [4.69, 9.17) is 0 Å². The molecule has 0 spiro atoms. The van der Waals surface area contributed by atoms with Gasteiger partial charge in [-0.15, -0.1) is 10.2 Å². The van der Waals surface area contributed by atoms with E-state index < -0.39 is 6.23 Å². The molecule has 2 N–H and O–H groups in total. The van der Waals surface area contributed by atoms with Crippen molar-refractivity contribution in [1.29, 1.82) is 0 Å². The summed E-state index contributed by atoms with van der Waals surface area (Å²) in [5.74, 6) is 0. The van der Waals surface area contributed by atoms with Crippen molar-refractivity contribution in [2.75, 3.05) is 36.4 Å². The molecule has 2 unspecified atom stereocenters. The minimum absolute atomic E-state index is 0.348. The van der Waals surface area contributed by atoms with E-state index in [0.29, 0.717) is 11.2 Å². The quantitative estimate of drug-likeness (QED) is 0.660. The van der Waals surface area contributed by atoms with E-state index in [-0.39, 0.29) is 0 Å². The molecule has 138 valence electrons. The largest absolute Gasteiger partial charge is 0.374 e. The highest BCUT2D eigenvalue weighted by atomic mass is 32.1. The van der Waals surface area contributed by atoms with Gasteiger partial charge in [-0.25, -0.2) is 4.98 Å². The number of piperazine rings is 1. The van der Waals surface area contributed by atoms with Crippen LogP contribution in [0.4, 0.5) is 10.3 Å². The molecule has 2 atom stereocenters. The highest BCUT2D eigenvalue weighted by Crippen LogP contribution is 2.28. The summed E-state index contributed by atoms with van der Waals surface area (Å²) in [4.78, 5) is 9.15. The summed E-state index contributed by atoms with van der Waals surface area (Å²) in [5, 5.41) is 22.1. The molecular formula is C17H23N7OS. The van der Waals surface area contributed by atoms with E-state index in [1.54, 1.807) is 6.92 Å². The summed E-state index contributed by atoms with van der Waals surface area (Å²) in [5.41, 5.74) is 2.27. The van der Waals surface area contributed by atoms with Crippen LogP contribution in [0.2, 0.25) is 0 Å². The molecule has 3 aromatic rings. The Morgan fingerprint density at radius 1 is 1.19 bits per heavy atom. The molecule has 0 aromatic carbocycles. The number of aromatic nitrogens is 4. The van der Waals surface area contributed by atoms with Crippen molar-refractivity contribution >= 4 is 27.2 Å². The van der Waals surface area contributed by atoms with Crippen molar-refractivity contribution < 1.29 is 5.11 Å². The Morgan fingerprint density at radius 3 is 2.73 bits per heavy atom. The van der Waals surface area contributed by atoms with E-state index >= 15 is 0 Å². The molecule has 26 heavy (non-hydrogen) atoms. The van der Waals surface area contributed by atoms with Crippen molar-refractivity contribution in [3.05, 3.63) is 36.3 Å². The van der Waals surface area contributed by atoms with Gasteiger partial charge in [-0.05, 0) is 31.5 Å². The second-order valence-electron chi connectivity index (χ2n) is 6.57. The standard InChI is InChI=1S/C17H23N7OS/c1-12(14-10-15-18-4-3-5-24(15)11-14)22-6-8-23(9-7-22)17-21-20-16(26-17)19-13(2)25/h3-5,10-13,25H,6-9H2,1-2H3,(H,19,20). The number of anilines is 2. The Bertz CT molecular complexity index is 836. The fraction of sp³-hybridized carbons (Fsp3) is 0.471. The molecule has 1 aliphatic heterocycles. The summed E-state index contributed by atoms with van der Waals surface area (Å²) < 4.78 is 2.07. The molecule has 0 amide bonds. The summed E-state index contributed by atoms with van der Waals surface area (Å²) >= 11 is 1.48. The highest BCUT2D eigenvalue weighted by Gasteiger charge is 2.24. The summed E-state index contributed by atoms with van der Waals surface area (Å²) in [6.45, 7) is 7.69. The first-order valence-corrected chi connectivity index (χ1v) is 9.61. The number of hydrogen-bond donors (Lipinski definition) is 2. The average Bonchev–Trinajstić information content (AvgIpc) is 3.27. The van der Waals surface area contributed by atoms with Gasteiger partial charge in [0.25, 0.3) is 0 Å². The van der Waals surface area contributed by atoms with Crippen LogP contribution in [0.1, 0.15) is 25.5 Å². The maximum atomic E-state index is 9.38. The Hall–Kier alpha value is -2.23. The van der Waals surface area contributed by atoms with E-state index in [9.17, 15) is 5.11 Å². The van der Waals surface area contributed by atoms with Gasteiger partial charge in [0, 0.05) is 50.8 Å². The van der Waals surface area contributed by atoms with Gasteiger partial charge in [0.2, 0.25) is 10.3 Å². The Morgan fingerprint density at radius 2 is 2.00 bits per heavy atom. The maximum absolute atomic E-state index is 9.38. The minimum atomic E-state index is -0.624. The number of aliphatic hydroxyl groups is 1. The van der Waals surface area contributed by atoms with Crippen molar-refractivity contribution in [2.45, 2.75) is 26.1 Å². The fourth-order valence-corrected chi connectivity index (χ4v) is 4.16. The zero-order valence-electron chi connectivity index (χ0n) is 14.9. The molecule has 9 heteroatoms. The van der Waals surface area contributed by atoms with Crippen LogP contribution in [-0.4, -0.2) is 62.0 Å². The number of hydrogen-bond acceptors (Lipinski definition) is 8. The zero-order valence-corrected chi connectivity index (χ0v) is 15.7. The van der Waals surface area contributed by atoms with Gasteiger partial charge in [0.1, 0.15) is 11.9 Å². The molecule has 1 aliphatic rings.